The van der Waals surface area contributed by atoms with Crippen LogP contribution in [0.2, 0.25) is 0 Å². The summed E-state index contributed by atoms with van der Waals surface area (Å²) in [6.45, 7) is 1.24. The Balaban J connectivity index is 1.33. The summed E-state index contributed by atoms with van der Waals surface area (Å²) in [5, 5.41) is 1.14. The molecule has 4 N–H and O–H groups in total. The first-order valence-electron chi connectivity index (χ1n) is 14.9. The number of para-hydroxylation sites is 1. The number of hydrogen-bond acceptors (Lipinski definition) is 5. The minimum atomic E-state index is -1.13. The lowest BCUT2D eigenvalue weighted by Crippen LogP contribution is -2.50. The number of aromatic nitrogens is 3. The van der Waals surface area contributed by atoms with Gasteiger partial charge in [-0.2, -0.15) is 0 Å². The van der Waals surface area contributed by atoms with Crippen LogP contribution in [0.15, 0.2) is 36.4 Å². The molecule has 2 aliphatic carbocycles. The van der Waals surface area contributed by atoms with E-state index in [0.29, 0.717) is 35.2 Å². The second-order valence-electron chi connectivity index (χ2n) is 12.5. The number of alkyl halides is 1. The third kappa shape index (κ3) is 4.52. The minimum Gasteiger partial charge on any atom is -0.494 e. The molecule has 1 aliphatic heterocycles. The topological polar surface area (TPSA) is 121 Å². The van der Waals surface area contributed by atoms with Crippen molar-refractivity contribution >= 4 is 33.8 Å². The summed E-state index contributed by atoms with van der Waals surface area (Å²) in [5.74, 6) is 1.69. The predicted octanol–water partition coefficient (Wildman–Crippen LogP) is 4.10. The first-order valence-corrected chi connectivity index (χ1v) is 14.9. The zero-order valence-electron chi connectivity index (χ0n) is 24.1. The van der Waals surface area contributed by atoms with Crippen LogP contribution in [0.5, 0.6) is 5.75 Å². The van der Waals surface area contributed by atoms with E-state index in [1.54, 1.807) is 19.2 Å². The van der Waals surface area contributed by atoms with E-state index in [4.69, 9.17) is 21.2 Å². The Morgan fingerprint density at radius 2 is 1.88 bits per heavy atom. The molecule has 2 aromatic heterocycles. The third-order valence-corrected chi connectivity index (χ3v) is 9.42. The number of carbonyl (C=O) groups is 2. The van der Waals surface area contributed by atoms with Crippen molar-refractivity contribution in [3.8, 4) is 17.3 Å². The van der Waals surface area contributed by atoms with Crippen LogP contribution >= 0.6 is 0 Å². The fourth-order valence-electron chi connectivity index (χ4n) is 6.96. The van der Waals surface area contributed by atoms with Crippen molar-refractivity contribution in [1.82, 2.24) is 19.0 Å². The monoisotopic (exact) mass is 572 g/mol. The lowest BCUT2D eigenvalue weighted by molar-refractivity contribution is -0.124. The van der Waals surface area contributed by atoms with Crippen molar-refractivity contribution in [2.45, 2.75) is 56.8 Å². The number of nitrogens with two attached hydrogens (primary N) is 2. The third-order valence-electron chi connectivity index (χ3n) is 9.42. The Bertz CT molecular complexity index is 1710. The normalized spacial score (nSPS) is 24.2. The number of fused-ring (bicyclic) bond motifs is 2. The van der Waals surface area contributed by atoms with E-state index in [1.165, 1.54) is 28.8 Å². The van der Waals surface area contributed by atoms with Crippen LogP contribution < -0.4 is 16.2 Å². The van der Waals surface area contributed by atoms with Crippen molar-refractivity contribution < 1.29 is 18.7 Å². The highest BCUT2D eigenvalue weighted by Crippen LogP contribution is 2.46. The zero-order chi connectivity index (χ0) is 29.3. The number of imidazole rings is 1. The van der Waals surface area contributed by atoms with Crippen molar-refractivity contribution in [2.24, 2.45) is 30.4 Å². The maximum atomic E-state index is 14.2. The molecule has 0 bridgehead atoms. The van der Waals surface area contributed by atoms with Crippen LogP contribution in [0.4, 0.5) is 4.39 Å². The number of nitrogens with zero attached hydrogens (tertiary/aromatic N) is 4. The number of carbonyl (C=O) groups excluding carboxylic acids is 2. The molecule has 10 heteroatoms. The number of likely N-dealkylation sites (tertiary alicyclic amines) is 1. The van der Waals surface area contributed by atoms with Crippen LogP contribution in [0.25, 0.3) is 33.5 Å². The minimum absolute atomic E-state index is 0.0329. The lowest BCUT2D eigenvalue weighted by Gasteiger charge is -2.34. The number of aryl methyl sites for hydroxylation is 1. The highest BCUT2D eigenvalue weighted by Gasteiger charge is 2.36. The molecule has 9 nitrogen and oxygen atoms in total. The van der Waals surface area contributed by atoms with Crippen molar-refractivity contribution in [1.29, 1.82) is 0 Å². The standard InChI is InChI=1S/C32H37FN6O3/c1-37-29-25(10-21(12-27(29)42-2)32(41)38-15-22(33)13-23(34)16-38)36-31(37)26-11-18-4-3-5-24(19-8-20(9-19)30(35)40)28(18)39(26)14-17-6-7-17/h3-5,10-12,17,19-20,22-23H,6-9,13-16,34H2,1-2H3,(H2,35,40)/t19?,20?,22-,23-/m1/s1. The Hall–Kier alpha value is -3.92. The summed E-state index contributed by atoms with van der Waals surface area (Å²) >= 11 is 0. The van der Waals surface area contributed by atoms with Gasteiger partial charge < -0.3 is 30.2 Å². The predicted molar refractivity (Wildman–Crippen MR) is 159 cm³/mol. The second kappa shape index (κ2) is 10.1. The van der Waals surface area contributed by atoms with E-state index in [1.807, 2.05) is 11.6 Å². The first kappa shape index (κ1) is 26.9. The fourth-order valence-corrected chi connectivity index (χ4v) is 6.96. The number of halogens is 1. The van der Waals surface area contributed by atoms with Crippen LogP contribution in [0.3, 0.4) is 0 Å². The molecule has 4 aromatic rings. The number of ether oxygens (including phenoxy) is 1. The molecule has 0 unspecified atom stereocenters. The summed E-state index contributed by atoms with van der Waals surface area (Å²) < 4.78 is 24.4. The van der Waals surface area contributed by atoms with Gasteiger partial charge in [-0.05, 0) is 67.7 Å². The number of piperidine rings is 1. The molecule has 7 rings (SSSR count). The summed E-state index contributed by atoms with van der Waals surface area (Å²) in [4.78, 5) is 31.7. The Kier molecular flexibility index (Phi) is 6.49. The van der Waals surface area contributed by atoms with Gasteiger partial charge in [0, 0.05) is 43.0 Å². The summed E-state index contributed by atoms with van der Waals surface area (Å²) in [6, 6.07) is 11.7. The van der Waals surface area contributed by atoms with Gasteiger partial charge in [0.15, 0.2) is 5.82 Å². The van der Waals surface area contributed by atoms with E-state index >= 15 is 0 Å². The van der Waals surface area contributed by atoms with Crippen molar-refractivity contribution in [2.75, 3.05) is 20.2 Å². The number of rotatable bonds is 7. The average molecular weight is 573 g/mol. The second-order valence-corrected chi connectivity index (χ2v) is 12.5. The van der Waals surface area contributed by atoms with Gasteiger partial charge in [-0.1, -0.05) is 18.2 Å². The molecule has 0 spiro atoms. The molecule has 2 saturated carbocycles. The van der Waals surface area contributed by atoms with Gasteiger partial charge >= 0.3 is 0 Å². The number of benzene rings is 2. The van der Waals surface area contributed by atoms with Crippen LogP contribution in [0.1, 0.15) is 53.9 Å². The molecule has 220 valence electrons. The summed E-state index contributed by atoms with van der Waals surface area (Å²) in [6.07, 6.45) is 3.10. The summed E-state index contributed by atoms with van der Waals surface area (Å²) in [7, 11) is 3.55. The maximum Gasteiger partial charge on any atom is 0.254 e. The molecular weight excluding hydrogens is 535 g/mol. The highest BCUT2D eigenvalue weighted by atomic mass is 19.1. The lowest BCUT2D eigenvalue weighted by atomic mass is 9.71. The SMILES string of the molecule is COc1cc(C(=O)N2C[C@H](N)C[C@@H](F)C2)cc2nc(-c3cc4cccc(C5CC(C(N)=O)C5)c4n3CC3CC3)n(C)c12. The van der Waals surface area contributed by atoms with Gasteiger partial charge in [-0.15, -0.1) is 0 Å². The molecule has 3 fully saturated rings. The first-order chi connectivity index (χ1) is 20.2. The number of primary amides is 1. The van der Waals surface area contributed by atoms with Crippen LogP contribution in [-0.2, 0) is 18.4 Å². The van der Waals surface area contributed by atoms with Crippen LogP contribution in [0, 0.1) is 11.8 Å². The fraction of sp³-hybridized carbons (Fsp3) is 0.469. The quantitative estimate of drug-likeness (QED) is 0.345. The van der Waals surface area contributed by atoms with Crippen molar-refractivity contribution in [3.05, 3.63) is 47.5 Å². The van der Waals surface area contributed by atoms with E-state index in [9.17, 15) is 14.0 Å². The molecule has 0 radical (unpaired) electrons. The van der Waals surface area contributed by atoms with Gasteiger partial charge in [-0.25, -0.2) is 9.37 Å². The Morgan fingerprint density at radius 1 is 1.10 bits per heavy atom. The molecule has 2 atom stereocenters. The number of methoxy groups -OCH3 is 1. The van der Waals surface area contributed by atoms with E-state index < -0.39 is 6.17 Å². The van der Waals surface area contributed by atoms with Crippen molar-refractivity contribution in [3.63, 3.8) is 0 Å². The maximum absolute atomic E-state index is 14.2. The molecule has 1 saturated heterocycles. The van der Waals surface area contributed by atoms with Crippen LogP contribution in [-0.4, -0.2) is 63.2 Å². The molecule has 2 amide bonds. The van der Waals surface area contributed by atoms with Gasteiger partial charge in [0.2, 0.25) is 5.91 Å². The molecular formula is C32H37FN6O3. The number of hydrogen-bond donors (Lipinski definition) is 2. The smallest absolute Gasteiger partial charge is 0.254 e. The van der Waals surface area contributed by atoms with E-state index in [2.05, 4.69) is 28.8 Å². The highest BCUT2D eigenvalue weighted by molar-refractivity contribution is 6.00. The molecule has 2 aromatic carbocycles. The summed E-state index contributed by atoms with van der Waals surface area (Å²) in [5.41, 5.74) is 16.9. The van der Waals surface area contributed by atoms with Gasteiger partial charge in [-0.3, -0.25) is 9.59 Å². The van der Waals surface area contributed by atoms with E-state index in [-0.39, 0.29) is 36.7 Å². The Labute approximate surface area is 243 Å². The van der Waals surface area contributed by atoms with Gasteiger partial charge in [0.25, 0.3) is 5.91 Å². The van der Waals surface area contributed by atoms with Gasteiger partial charge in [0.05, 0.1) is 30.4 Å². The zero-order valence-corrected chi connectivity index (χ0v) is 24.1. The van der Waals surface area contributed by atoms with E-state index in [0.717, 1.165) is 41.8 Å². The number of amides is 2. The largest absolute Gasteiger partial charge is 0.494 e. The average Bonchev–Trinajstić information content (AvgIpc) is 3.59. The molecule has 3 heterocycles. The Morgan fingerprint density at radius 3 is 2.57 bits per heavy atom. The van der Waals surface area contributed by atoms with Gasteiger partial charge in [0.1, 0.15) is 17.4 Å². The molecule has 42 heavy (non-hydrogen) atoms. The molecule has 3 aliphatic rings.